The number of aryl methyl sites for hydroxylation is 1. The van der Waals surface area contributed by atoms with Crippen molar-refractivity contribution < 1.29 is 0 Å². The Morgan fingerprint density at radius 1 is 0.968 bits per heavy atom. The molecule has 2 aromatic carbocycles. The lowest BCUT2D eigenvalue weighted by molar-refractivity contribution is 0.533. The maximum absolute atomic E-state index is 4.82. The highest BCUT2D eigenvalue weighted by Crippen LogP contribution is 2.35. The van der Waals surface area contributed by atoms with Crippen molar-refractivity contribution in [3.8, 4) is 0 Å². The summed E-state index contributed by atoms with van der Waals surface area (Å²) >= 11 is 0. The molecule has 1 aliphatic carbocycles. The van der Waals surface area contributed by atoms with Gasteiger partial charge in [0.2, 0.25) is 5.95 Å². The molecule has 1 saturated heterocycles. The third-order valence-electron chi connectivity index (χ3n) is 6.34. The zero-order valence-corrected chi connectivity index (χ0v) is 17.3. The lowest BCUT2D eigenvalue weighted by Gasteiger charge is -2.29. The van der Waals surface area contributed by atoms with Crippen LogP contribution < -0.4 is 15.5 Å². The van der Waals surface area contributed by atoms with Crippen LogP contribution in [-0.4, -0.2) is 45.9 Å². The molecule has 4 aromatic rings. The molecular weight excluding hydrogens is 386 g/mol. The monoisotopic (exact) mass is 411 g/mol. The molecule has 156 valence electrons. The second-order valence-electron chi connectivity index (χ2n) is 8.22. The summed E-state index contributed by atoms with van der Waals surface area (Å²) in [4.78, 5) is 11.7. The molecule has 1 fully saturated rings. The molecule has 0 spiro atoms. The lowest BCUT2D eigenvalue weighted by Crippen LogP contribution is -2.43. The van der Waals surface area contributed by atoms with E-state index in [1.807, 2.05) is 12.4 Å². The van der Waals surface area contributed by atoms with E-state index in [4.69, 9.17) is 4.98 Å². The van der Waals surface area contributed by atoms with Gasteiger partial charge >= 0.3 is 0 Å². The van der Waals surface area contributed by atoms with Crippen LogP contribution in [0.25, 0.3) is 11.0 Å². The van der Waals surface area contributed by atoms with E-state index in [0.717, 1.165) is 55.7 Å². The molecule has 7 heteroatoms. The minimum absolute atomic E-state index is 0.231. The molecule has 0 amide bonds. The summed E-state index contributed by atoms with van der Waals surface area (Å²) in [6.07, 6.45) is 5.85. The van der Waals surface area contributed by atoms with Crippen molar-refractivity contribution in [3.05, 3.63) is 72.1 Å². The molecule has 3 heterocycles. The predicted octanol–water partition coefficient (Wildman–Crippen LogP) is 3.52. The van der Waals surface area contributed by atoms with Crippen molar-refractivity contribution in [1.82, 2.24) is 25.1 Å². The van der Waals surface area contributed by atoms with Crippen molar-refractivity contribution in [2.75, 3.05) is 36.4 Å². The molecule has 2 aliphatic rings. The number of hydrogen-bond acceptors (Lipinski definition) is 6. The number of benzene rings is 2. The quantitative estimate of drug-likeness (QED) is 0.536. The van der Waals surface area contributed by atoms with Gasteiger partial charge in [0.25, 0.3) is 0 Å². The van der Waals surface area contributed by atoms with E-state index in [1.54, 1.807) is 0 Å². The summed E-state index contributed by atoms with van der Waals surface area (Å²) in [5, 5.41) is 12.4. The first-order valence-electron chi connectivity index (χ1n) is 11.0. The van der Waals surface area contributed by atoms with Gasteiger partial charge < -0.3 is 15.5 Å². The number of hydrogen-bond donors (Lipinski definition) is 2. The number of nitrogens with one attached hydrogen (secondary N) is 2. The third kappa shape index (κ3) is 3.41. The molecule has 31 heavy (non-hydrogen) atoms. The van der Waals surface area contributed by atoms with Crippen LogP contribution in [0.1, 0.15) is 23.6 Å². The Balaban J connectivity index is 1.26. The van der Waals surface area contributed by atoms with Gasteiger partial charge in [-0.1, -0.05) is 24.3 Å². The SMILES string of the molecule is c1ccc2c(c1)CCC2n1ncc2cnc(Nc3ccc(N4CCNCC4)cc3)nc21. The number of nitrogens with zero attached hydrogens (tertiary/aromatic N) is 5. The first-order valence-corrected chi connectivity index (χ1v) is 11.0. The van der Waals surface area contributed by atoms with Gasteiger partial charge in [0.1, 0.15) is 0 Å². The second kappa shape index (κ2) is 7.67. The van der Waals surface area contributed by atoms with Crippen LogP contribution >= 0.6 is 0 Å². The molecule has 1 unspecified atom stereocenters. The second-order valence-corrected chi connectivity index (χ2v) is 8.22. The smallest absolute Gasteiger partial charge is 0.229 e. The van der Waals surface area contributed by atoms with Crippen LogP contribution in [0.5, 0.6) is 0 Å². The van der Waals surface area contributed by atoms with Crippen LogP contribution in [0, 0.1) is 0 Å². The normalized spacial score (nSPS) is 18.3. The average molecular weight is 412 g/mol. The van der Waals surface area contributed by atoms with Crippen molar-refractivity contribution in [2.24, 2.45) is 0 Å². The van der Waals surface area contributed by atoms with Gasteiger partial charge in [-0.05, 0) is 48.2 Å². The highest BCUT2D eigenvalue weighted by atomic mass is 15.3. The zero-order chi connectivity index (χ0) is 20.6. The molecule has 2 N–H and O–H groups in total. The van der Waals surface area contributed by atoms with Gasteiger partial charge in [-0.15, -0.1) is 0 Å². The molecule has 0 radical (unpaired) electrons. The average Bonchev–Trinajstić information content (AvgIpc) is 3.44. The molecule has 7 nitrogen and oxygen atoms in total. The minimum Gasteiger partial charge on any atom is -0.369 e. The Hall–Kier alpha value is -3.45. The Kier molecular flexibility index (Phi) is 4.53. The van der Waals surface area contributed by atoms with E-state index in [0.29, 0.717) is 5.95 Å². The number of piperazine rings is 1. The highest BCUT2D eigenvalue weighted by molar-refractivity contribution is 5.75. The van der Waals surface area contributed by atoms with Crippen LogP contribution in [0.4, 0.5) is 17.3 Å². The Morgan fingerprint density at radius 2 is 1.81 bits per heavy atom. The van der Waals surface area contributed by atoms with Gasteiger partial charge in [0.15, 0.2) is 5.65 Å². The van der Waals surface area contributed by atoms with Crippen LogP contribution in [-0.2, 0) is 6.42 Å². The first kappa shape index (κ1) is 18.3. The van der Waals surface area contributed by atoms with Crippen molar-refractivity contribution in [3.63, 3.8) is 0 Å². The van der Waals surface area contributed by atoms with Gasteiger partial charge in [-0.25, -0.2) is 9.67 Å². The molecule has 1 aliphatic heterocycles. The molecule has 6 rings (SSSR count). The number of anilines is 3. The fraction of sp³-hybridized carbons (Fsp3) is 0.292. The molecule has 2 aromatic heterocycles. The van der Waals surface area contributed by atoms with E-state index >= 15 is 0 Å². The number of fused-ring (bicyclic) bond motifs is 2. The molecule has 1 atom stereocenters. The zero-order valence-electron chi connectivity index (χ0n) is 17.3. The topological polar surface area (TPSA) is 70.9 Å². The van der Waals surface area contributed by atoms with Crippen molar-refractivity contribution >= 4 is 28.4 Å². The maximum Gasteiger partial charge on any atom is 0.229 e. The minimum atomic E-state index is 0.231. The Morgan fingerprint density at radius 3 is 2.68 bits per heavy atom. The van der Waals surface area contributed by atoms with E-state index in [-0.39, 0.29) is 6.04 Å². The summed E-state index contributed by atoms with van der Waals surface area (Å²) in [5.74, 6) is 0.593. The fourth-order valence-corrected chi connectivity index (χ4v) is 4.72. The highest BCUT2D eigenvalue weighted by Gasteiger charge is 2.26. The van der Waals surface area contributed by atoms with Gasteiger partial charge in [-0.2, -0.15) is 10.1 Å². The summed E-state index contributed by atoms with van der Waals surface area (Å²) in [7, 11) is 0. The van der Waals surface area contributed by atoms with Crippen LogP contribution in [0.2, 0.25) is 0 Å². The fourth-order valence-electron chi connectivity index (χ4n) is 4.72. The largest absolute Gasteiger partial charge is 0.369 e. The van der Waals surface area contributed by atoms with Gasteiger partial charge in [0.05, 0.1) is 17.6 Å². The molecule has 0 saturated carbocycles. The summed E-state index contributed by atoms with van der Waals surface area (Å²) in [5.41, 5.74) is 5.87. The lowest BCUT2D eigenvalue weighted by atomic mass is 10.1. The molecular formula is C24H25N7. The van der Waals surface area contributed by atoms with E-state index in [1.165, 1.54) is 16.8 Å². The summed E-state index contributed by atoms with van der Waals surface area (Å²) < 4.78 is 2.06. The van der Waals surface area contributed by atoms with Crippen molar-refractivity contribution in [2.45, 2.75) is 18.9 Å². The Labute approximate surface area is 181 Å². The standard InChI is InChI=1S/C24H25N7/c1-2-4-21-17(3-1)5-10-22(21)31-23-18(16-27-31)15-26-24(29-23)28-19-6-8-20(9-7-19)30-13-11-25-12-14-30/h1-4,6-9,15-16,22,25H,5,10-14H2,(H,26,28,29). The van der Waals surface area contributed by atoms with Gasteiger partial charge in [0, 0.05) is 43.8 Å². The summed E-state index contributed by atoms with van der Waals surface area (Å²) in [6.45, 7) is 4.15. The van der Waals surface area contributed by atoms with E-state index in [2.05, 4.69) is 78.8 Å². The van der Waals surface area contributed by atoms with E-state index < -0.39 is 0 Å². The van der Waals surface area contributed by atoms with E-state index in [9.17, 15) is 0 Å². The maximum atomic E-state index is 4.82. The molecule has 0 bridgehead atoms. The summed E-state index contributed by atoms with van der Waals surface area (Å²) in [6, 6.07) is 17.4. The first-order chi connectivity index (χ1) is 15.3. The third-order valence-corrected chi connectivity index (χ3v) is 6.34. The predicted molar refractivity (Wildman–Crippen MR) is 123 cm³/mol. The van der Waals surface area contributed by atoms with Crippen molar-refractivity contribution in [1.29, 1.82) is 0 Å². The Bertz CT molecular complexity index is 1210. The number of rotatable bonds is 4. The van der Waals surface area contributed by atoms with Crippen LogP contribution in [0.3, 0.4) is 0 Å². The van der Waals surface area contributed by atoms with Gasteiger partial charge in [-0.3, -0.25) is 0 Å². The number of aromatic nitrogens is 4. The van der Waals surface area contributed by atoms with Crippen LogP contribution in [0.15, 0.2) is 60.9 Å².